The predicted octanol–water partition coefficient (Wildman–Crippen LogP) is 3.21. The van der Waals surface area contributed by atoms with E-state index in [1.807, 2.05) is 60.9 Å². The van der Waals surface area contributed by atoms with Crippen molar-refractivity contribution in [2.45, 2.75) is 26.4 Å². The number of carbonyl (C=O) groups is 3. The van der Waals surface area contributed by atoms with Gasteiger partial charge in [-0.1, -0.05) is 18.2 Å². The molecule has 35 heavy (non-hydrogen) atoms. The largest absolute Gasteiger partial charge is 0.368 e. The fraction of sp³-hybridized carbons (Fsp3) is 0.167. The van der Waals surface area contributed by atoms with Crippen LogP contribution in [-0.4, -0.2) is 39.1 Å². The zero-order valence-electron chi connectivity index (χ0n) is 18.7. The molecule has 10 nitrogen and oxygen atoms in total. The van der Waals surface area contributed by atoms with Crippen LogP contribution in [0, 0.1) is 27.5 Å². The third-order valence-corrected chi connectivity index (χ3v) is 6.30. The molecule has 0 saturated carbocycles. The Morgan fingerprint density at radius 3 is 2.66 bits per heavy atom. The van der Waals surface area contributed by atoms with Gasteiger partial charge in [-0.2, -0.15) is 4.99 Å². The minimum atomic E-state index is -2.04. The number of rotatable bonds is 6. The number of amidine groups is 1. The van der Waals surface area contributed by atoms with E-state index >= 15 is 0 Å². The lowest BCUT2D eigenvalue weighted by molar-refractivity contribution is -0.493. The molecule has 0 saturated heterocycles. The Kier molecular flexibility index (Phi) is 6.78. The minimum absolute atomic E-state index is 0.0757. The van der Waals surface area contributed by atoms with E-state index in [1.54, 1.807) is 6.08 Å². The standard InChI is InChI=1S/C24H20IN5O5/c1-13-11-15(25)7-9-18(13)26-21(31)12-29-14(2)16(17-5-3-4-6-19(17)29)8-10-20-27-23(32)22(30(34)35)24(33)28-20/h3-11,22H,12H2,1-2H3,(H,26,31)(H,27,28,32,33)/b10-8+. The van der Waals surface area contributed by atoms with Crippen molar-refractivity contribution in [1.82, 2.24) is 9.88 Å². The van der Waals surface area contributed by atoms with Crippen LogP contribution in [0.5, 0.6) is 0 Å². The van der Waals surface area contributed by atoms with Crippen molar-refractivity contribution in [3.05, 3.63) is 79.0 Å². The van der Waals surface area contributed by atoms with Gasteiger partial charge < -0.3 is 15.2 Å². The highest BCUT2D eigenvalue weighted by molar-refractivity contribution is 14.1. The van der Waals surface area contributed by atoms with Crippen molar-refractivity contribution in [2.75, 3.05) is 5.32 Å². The summed E-state index contributed by atoms with van der Waals surface area (Å²) in [6.45, 7) is 3.87. The highest BCUT2D eigenvalue weighted by Crippen LogP contribution is 2.27. The monoisotopic (exact) mass is 585 g/mol. The topological polar surface area (TPSA) is 136 Å². The summed E-state index contributed by atoms with van der Waals surface area (Å²) >= 11 is 2.22. The molecule has 178 valence electrons. The first-order chi connectivity index (χ1) is 16.7. The first-order valence-electron chi connectivity index (χ1n) is 10.5. The van der Waals surface area contributed by atoms with Crippen LogP contribution >= 0.6 is 22.6 Å². The second kappa shape index (κ2) is 9.78. The molecule has 0 bridgehead atoms. The van der Waals surface area contributed by atoms with Gasteiger partial charge in [0.1, 0.15) is 12.4 Å². The van der Waals surface area contributed by atoms with Crippen molar-refractivity contribution in [1.29, 1.82) is 0 Å². The maximum atomic E-state index is 12.9. The average molecular weight is 585 g/mol. The number of nitrogens with one attached hydrogen (secondary N) is 2. The van der Waals surface area contributed by atoms with E-state index in [0.717, 1.165) is 37.0 Å². The molecule has 4 rings (SSSR count). The van der Waals surface area contributed by atoms with E-state index in [-0.39, 0.29) is 18.3 Å². The number of hydrogen-bond acceptors (Lipinski definition) is 5. The summed E-state index contributed by atoms with van der Waals surface area (Å²) in [5.41, 5.74) is 4.09. The predicted molar refractivity (Wildman–Crippen MR) is 140 cm³/mol. The van der Waals surface area contributed by atoms with Gasteiger partial charge in [-0.3, -0.25) is 24.5 Å². The van der Waals surface area contributed by atoms with Gasteiger partial charge in [0.2, 0.25) is 5.91 Å². The summed E-state index contributed by atoms with van der Waals surface area (Å²) in [4.78, 5) is 50.2. The molecule has 0 radical (unpaired) electrons. The smallest absolute Gasteiger partial charge is 0.335 e. The third kappa shape index (κ3) is 4.99. The Morgan fingerprint density at radius 1 is 1.23 bits per heavy atom. The Hall–Kier alpha value is -3.87. The fourth-order valence-electron chi connectivity index (χ4n) is 3.91. The lowest BCUT2D eigenvalue weighted by Gasteiger charge is -2.12. The minimum Gasteiger partial charge on any atom is -0.335 e. The Balaban J connectivity index is 1.62. The molecule has 11 heteroatoms. The number of aryl methyl sites for hydroxylation is 1. The van der Waals surface area contributed by atoms with Gasteiger partial charge in [-0.05, 0) is 78.4 Å². The van der Waals surface area contributed by atoms with Gasteiger partial charge >= 0.3 is 17.9 Å². The summed E-state index contributed by atoms with van der Waals surface area (Å²) in [7, 11) is 0. The third-order valence-electron chi connectivity index (χ3n) is 5.63. The van der Waals surface area contributed by atoms with E-state index in [9.17, 15) is 24.5 Å². The lowest BCUT2D eigenvalue weighted by Crippen LogP contribution is -2.50. The SMILES string of the molecule is Cc1cc(I)ccc1NC(=O)Cn1c(C)c(/C=C/C2=NC(=O)C([N+](=O)[O-])C(=O)N2)c2ccccc21. The van der Waals surface area contributed by atoms with Crippen LogP contribution in [0.4, 0.5) is 5.69 Å². The quantitative estimate of drug-likeness (QED) is 0.198. The van der Waals surface area contributed by atoms with E-state index in [1.165, 1.54) is 6.08 Å². The van der Waals surface area contributed by atoms with Crippen LogP contribution in [0.3, 0.4) is 0 Å². The second-order valence-corrected chi connectivity index (χ2v) is 9.20. The molecule has 0 spiro atoms. The Bertz CT molecular complexity index is 1460. The summed E-state index contributed by atoms with van der Waals surface area (Å²) in [6.07, 6.45) is 3.08. The van der Waals surface area contributed by atoms with Gasteiger partial charge in [0.25, 0.3) is 0 Å². The summed E-state index contributed by atoms with van der Waals surface area (Å²) < 4.78 is 2.96. The van der Waals surface area contributed by atoms with Crippen molar-refractivity contribution in [3.63, 3.8) is 0 Å². The lowest BCUT2D eigenvalue weighted by atomic mass is 10.1. The number of fused-ring (bicyclic) bond motifs is 1. The highest BCUT2D eigenvalue weighted by atomic mass is 127. The number of para-hydroxylation sites is 1. The summed E-state index contributed by atoms with van der Waals surface area (Å²) in [6, 6.07) is 11.3. The Labute approximate surface area is 213 Å². The molecular weight excluding hydrogens is 565 g/mol. The van der Waals surface area contributed by atoms with Crippen LogP contribution in [0.25, 0.3) is 17.0 Å². The average Bonchev–Trinajstić information content (AvgIpc) is 3.04. The highest BCUT2D eigenvalue weighted by Gasteiger charge is 2.41. The molecule has 1 atom stereocenters. The molecular formula is C24H20IN5O5. The molecule has 2 N–H and O–H groups in total. The maximum absolute atomic E-state index is 12.9. The number of halogens is 1. The summed E-state index contributed by atoms with van der Waals surface area (Å²) in [5.74, 6) is -2.42. The molecule has 0 aliphatic carbocycles. The number of nitrogens with zero attached hydrogens (tertiary/aromatic N) is 3. The molecule has 1 aromatic heterocycles. The van der Waals surface area contributed by atoms with Gasteiger partial charge in [-0.25, -0.2) is 0 Å². The van der Waals surface area contributed by atoms with Crippen molar-refractivity contribution >= 4 is 68.8 Å². The van der Waals surface area contributed by atoms with Gasteiger partial charge in [0, 0.05) is 36.3 Å². The number of anilines is 1. The van der Waals surface area contributed by atoms with Crippen molar-refractivity contribution in [2.24, 2.45) is 4.99 Å². The molecule has 1 unspecified atom stereocenters. The molecule has 0 fully saturated rings. The van der Waals surface area contributed by atoms with Gasteiger partial charge in [0.05, 0.1) is 0 Å². The number of benzene rings is 2. The molecule has 3 amide bonds. The van der Waals surface area contributed by atoms with Gasteiger partial charge in [-0.15, -0.1) is 0 Å². The van der Waals surface area contributed by atoms with Crippen molar-refractivity contribution < 1.29 is 19.3 Å². The molecule has 3 aromatic rings. The van der Waals surface area contributed by atoms with Crippen LogP contribution in [0.15, 0.2) is 53.5 Å². The zero-order valence-corrected chi connectivity index (χ0v) is 20.9. The molecule has 2 aromatic carbocycles. The zero-order chi connectivity index (χ0) is 25.3. The number of aromatic nitrogens is 1. The van der Waals surface area contributed by atoms with E-state index in [2.05, 4.69) is 38.2 Å². The number of carbonyl (C=O) groups excluding carboxylic acids is 3. The molecule has 1 aliphatic heterocycles. The van der Waals surface area contributed by atoms with E-state index < -0.39 is 22.8 Å². The Morgan fingerprint density at radius 2 is 1.97 bits per heavy atom. The number of aliphatic imine (C=N–C) groups is 1. The van der Waals surface area contributed by atoms with E-state index in [0.29, 0.717) is 0 Å². The molecule has 2 heterocycles. The first-order valence-corrected chi connectivity index (χ1v) is 11.6. The summed E-state index contributed by atoms with van der Waals surface area (Å²) in [5, 5.41) is 17.0. The van der Waals surface area contributed by atoms with Crippen LogP contribution in [-0.2, 0) is 20.9 Å². The van der Waals surface area contributed by atoms with E-state index in [4.69, 9.17) is 0 Å². The second-order valence-electron chi connectivity index (χ2n) is 7.96. The fourth-order valence-corrected chi connectivity index (χ4v) is 4.56. The van der Waals surface area contributed by atoms with Crippen LogP contribution in [0.2, 0.25) is 0 Å². The normalized spacial score (nSPS) is 15.9. The number of nitro groups is 1. The number of hydrogen-bond donors (Lipinski definition) is 2. The maximum Gasteiger partial charge on any atom is 0.368 e. The van der Waals surface area contributed by atoms with Crippen molar-refractivity contribution in [3.8, 4) is 0 Å². The molecule has 1 aliphatic rings. The van der Waals surface area contributed by atoms with Crippen LogP contribution in [0.1, 0.15) is 16.8 Å². The van der Waals surface area contributed by atoms with Crippen LogP contribution < -0.4 is 10.6 Å². The van der Waals surface area contributed by atoms with Gasteiger partial charge in [0.15, 0.2) is 0 Å². The number of amides is 3. The first kappa shape index (κ1) is 24.3.